The Balaban J connectivity index is 1.84. The molecule has 0 atom stereocenters. The average Bonchev–Trinajstić information content (AvgIpc) is 2.78. The summed E-state index contributed by atoms with van der Waals surface area (Å²) >= 11 is 0. The lowest BCUT2D eigenvalue weighted by Crippen LogP contribution is -2.25. The number of carbonyl (C=O) groups is 1. The maximum atomic E-state index is 13.1. The van der Waals surface area contributed by atoms with Crippen molar-refractivity contribution in [2.75, 3.05) is 5.32 Å². The van der Waals surface area contributed by atoms with Crippen LogP contribution in [0.4, 0.5) is 18.9 Å². The van der Waals surface area contributed by atoms with E-state index in [-0.39, 0.29) is 17.7 Å². The number of aromatic nitrogens is 2. The van der Waals surface area contributed by atoms with Gasteiger partial charge in [0.1, 0.15) is 12.4 Å². The van der Waals surface area contributed by atoms with Gasteiger partial charge in [-0.15, -0.1) is 0 Å². The monoisotopic (exact) mass is 321 g/mol. The highest BCUT2D eigenvalue weighted by molar-refractivity contribution is 5.91. The summed E-state index contributed by atoms with van der Waals surface area (Å²) in [6, 6.07) is 6.59. The summed E-state index contributed by atoms with van der Waals surface area (Å²) < 4.78 is 40.2. The van der Waals surface area contributed by atoms with Gasteiger partial charge < -0.3 is 10.3 Å². The molecular weight excluding hydrogens is 311 g/mol. The van der Waals surface area contributed by atoms with Crippen molar-refractivity contribution < 1.29 is 18.0 Å². The Hall–Kier alpha value is -3.03. The molecule has 3 aromatic rings. The molecule has 0 aliphatic rings. The molecule has 0 aliphatic heterocycles. The fourth-order valence-corrected chi connectivity index (χ4v) is 2.21. The van der Waals surface area contributed by atoms with E-state index in [0.717, 1.165) is 22.8 Å². The number of H-pyrrole nitrogens is 1. The maximum absolute atomic E-state index is 13.1. The summed E-state index contributed by atoms with van der Waals surface area (Å²) in [5.74, 6) is -3.25. The predicted molar refractivity (Wildman–Crippen MR) is 77.5 cm³/mol. The zero-order valence-corrected chi connectivity index (χ0v) is 11.6. The first-order chi connectivity index (χ1) is 10.9. The van der Waals surface area contributed by atoms with Crippen molar-refractivity contribution >= 4 is 22.6 Å². The Morgan fingerprint density at radius 1 is 1.09 bits per heavy atom. The molecule has 0 fully saturated rings. The molecule has 3 rings (SSSR count). The number of carbonyl (C=O) groups excluding carboxylic acids is 1. The molecule has 2 aromatic carbocycles. The van der Waals surface area contributed by atoms with Crippen LogP contribution in [0.2, 0.25) is 0 Å². The molecule has 0 saturated heterocycles. The number of rotatable bonds is 3. The number of amides is 1. The minimum Gasteiger partial charge on any atom is -0.324 e. The summed E-state index contributed by atoms with van der Waals surface area (Å²) in [4.78, 5) is 26.2. The Labute approximate surface area is 127 Å². The summed E-state index contributed by atoms with van der Waals surface area (Å²) in [6.07, 6.45) is 0. The highest BCUT2D eigenvalue weighted by Crippen LogP contribution is 2.14. The van der Waals surface area contributed by atoms with E-state index in [4.69, 9.17) is 0 Å². The van der Waals surface area contributed by atoms with Gasteiger partial charge in [0.2, 0.25) is 5.91 Å². The smallest absolute Gasteiger partial charge is 0.324 e. The zero-order valence-electron chi connectivity index (χ0n) is 11.6. The summed E-state index contributed by atoms with van der Waals surface area (Å²) in [5.41, 5.74) is 0.103. The molecule has 0 aliphatic carbocycles. The highest BCUT2D eigenvalue weighted by atomic mass is 19.2. The second-order valence-electron chi connectivity index (χ2n) is 4.85. The topological polar surface area (TPSA) is 66.9 Å². The maximum Gasteiger partial charge on any atom is 0.326 e. The van der Waals surface area contributed by atoms with E-state index in [9.17, 15) is 22.8 Å². The standard InChI is InChI=1S/C15H10F3N3O2/c16-8-1-4-13-12(5-8)20-15(23)21(13)7-14(22)19-9-2-3-10(17)11(18)6-9/h1-6H,7H2,(H,19,22)(H,20,23). The lowest BCUT2D eigenvalue weighted by Gasteiger charge is -2.06. The molecule has 118 valence electrons. The fraction of sp³-hybridized carbons (Fsp3) is 0.0667. The van der Waals surface area contributed by atoms with Gasteiger partial charge in [0, 0.05) is 11.8 Å². The van der Waals surface area contributed by atoms with Gasteiger partial charge in [-0.1, -0.05) is 0 Å². The number of hydrogen-bond acceptors (Lipinski definition) is 2. The number of aromatic amines is 1. The molecule has 0 radical (unpaired) electrons. The van der Waals surface area contributed by atoms with Gasteiger partial charge in [0.05, 0.1) is 11.0 Å². The van der Waals surface area contributed by atoms with E-state index < -0.39 is 29.0 Å². The molecule has 0 spiro atoms. The van der Waals surface area contributed by atoms with E-state index in [1.54, 1.807) is 0 Å². The predicted octanol–water partition coefficient (Wildman–Crippen LogP) is 2.39. The van der Waals surface area contributed by atoms with E-state index in [1.165, 1.54) is 18.2 Å². The Morgan fingerprint density at radius 3 is 2.61 bits per heavy atom. The van der Waals surface area contributed by atoms with Gasteiger partial charge in [-0.3, -0.25) is 9.36 Å². The third-order valence-electron chi connectivity index (χ3n) is 3.24. The highest BCUT2D eigenvalue weighted by Gasteiger charge is 2.12. The van der Waals surface area contributed by atoms with Crippen LogP contribution in [-0.4, -0.2) is 15.5 Å². The van der Waals surface area contributed by atoms with Crippen molar-refractivity contribution in [3.05, 3.63) is 64.3 Å². The average molecular weight is 321 g/mol. The molecule has 1 aromatic heterocycles. The van der Waals surface area contributed by atoms with Crippen molar-refractivity contribution in [2.45, 2.75) is 6.54 Å². The number of halogens is 3. The van der Waals surface area contributed by atoms with Crippen molar-refractivity contribution in [1.82, 2.24) is 9.55 Å². The van der Waals surface area contributed by atoms with Gasteiger partial charge in [-0.05, 0) is 30.3 Å². The van der Waals surface area contributed by atoms with Crippen LogP contribution in [0.3, 0.4) is 0 Å². The molecule has 8 heteroatoms. The molecular formula is C15H10F3N3O2. The van der Waals surface area contributed by atoms with Crippen molar-refractivity contribution in [3.8, 4) is 0 Å². The van der Waals surface area contributed by atoms with Crippen LogP contribution in [0.15, 0.2) is 41.2 Å². The number of hydrogen-bond donors (Lipinski definition) is 2. The summed E-state index contributed by atoms with van der Waals surface area (Å²) in [6.45, 7) is -0.358. The van der Waals surface area contributed by atoms with Crippen LogP contribution >= 0.6 is 0 Å². The van der Waals surface area contributed by atoms with Crippen molar-refractivity contribution in [2.24, 2.45) is 0 Å². The van der Waals surface area contributed by atoms with Gasteiger partial charge in [-0.25, -0.2) is 18.0 Å². The third-order valence-corrected chi connectivity index (χ3v) is 3.24. The van der Waals surface area contributed by atoms with Gasteiger partial charge in [-0.2, -0.15) is 0 Å². The summed E-state index contributed by atoms with van der Waals surface area (Å²) in [5, 5.41) is 2.36. The molecule has 1 amide bonds. The molecule has 0 saturated carbocycles. The molecule has 5 nitrogen and oxygen atoms in total. The number of anilines is 1. The molecule has 2 N–H and O–H groups in total. The van der Waals surface area contributed by atoms with E-state index in [1.807, 2.05) is 0 Å². The summed E-state index contributed by atoms with van der Waals surface area (Å²) in [7, 11) is 0. The Kier molecular flexibility index (Phi) is 3.65. The first-order valence-electron chi connectivity index (χ1n) is 6.57. The lowest BCUT2D eigenvalue weighted by atomic mass is 10.3. The largest absolute Gasteiger partial charge is 0.326 e. The van der Waals surface area contributed by atoms with Crippen LogP contribution in [0, 0.1) is 17.5 Å². The number of imidazole rings is 1. The second-order valence-corrected chi connectivity index (χ2v) is 4.85. The quantitative estimate of drug-likeness (QED) is 0.778. The van der Waals surface area contributed by atoms with E-state index in [2.05, 4.69) is 10.3 Å². The molecule has 23 heavy (non-hydrogen) atoms. The number of fused-ring (bicyclic) bond motifs is 1. The number of nitrogens with one attached hydrogen (secondary N) is 2. The van der Waals surface area contributed by atoms with Gasteiger partial charge in [0.15, 0.2) is 11.6 Å². The first-order valence-corrected chi connectivity index (χ1v) is 6.57. The molecule has 1 heterocycles. The SMILES string of the molecule is O=C(Cn1c(=O)[nH]c2cc(F)ccc21)Nc1ccc(F)c(F)c1. The minimum absolute atomic E-state index is 0.0628. The first kappa shape index (κ1) is 14.9. The van der Waals surface area contributed by atoms with Crippen LogP contribution in [-0.2, 0) is 11.3 Å². The van der Waals surface area contributed by atoms with E-state index >= 15 is 0 Å². The zero-order chi connectivity index (χ0) is 16.6. The lowest BCUT2D eigenvalue weighted by molar-refractivity contribution is -0.116. The minimum atomic E-state index is -1.09. The molecule has 0 bridgehead atoms. The van der Waals surface area contributed by atoms with Gasteiger partial charge >= 0.3 is 5.69 Å². The number of nitrogens with zero attached hydrogens (tertiary/aromatic N) is 1. The van der Waals surface area contributed by atoms with Crippen LogP contribution in [0.25, 0.3) is 11.0 Å². The van der Waals surface area contributed by atoms with E-state index in [0.29, 0.717) is 5.52 Å². The Bertz CT molecular complexity index is 962. The fourth-order valence-electron chi connectivity index (χ4n) is 2.21. The van der Waals surface area contributed by atoms with Gasteiger partial charge in [0.25, 0.3) is 0 Å². The molecule has 0 unspecified atom stereocenters. The van der Waals surface area contributed by atoms with Crippen LogP contribution in [0.1, 0.15) is 0 Å². The normalized spacial score (nSPS) is 10.9. The van der Waals surface area contributed by atoms with Crippen molar-refractivity contribution in [3.63, 3.8) is 0 Å². The Morgan fingerprint density at radius 2 is 1.87 bits per heavy atom. The van der Waals surface area contributed by atoms with Crippen molar-refractivity contribution in [1.29, 1.82) is 0 Å². The van der Waals surface area contributed by atoms with Crippen LogP contribution in [0.5, 0.6) is 0 Å². The number of benzene rings is 2. The second kappa shape index (κ2) is 5.64. The van der Waals surface area contributed by atoms with Crippen LogP contribution < -0.4 is 11.0 Å². The third kappa shape index (κ3) is 2.96.